The van der Waals surface area contributed by atoms with Crippen molar-refractivity contribution in [2.24, 2.45) is 0 Å². The predicted octanol–water partition coefficient (Wildman–Crippen LogP) is 7.56. The first kappa shape index (κ1) is 36.4. The minimum atomic E-state index is -3.52. The number of ether oxygens (including phenoxy) is 2. The van der Waals surface area contributed by atoms with Gasteiger partial charge in [0.05, 0.1) is 16.0 Å². The van der Waals surface area contributed by atoms with E-state index in [9.17, 15) is 8.42 Å². The summed E-state index contributed by atoms with van der Waals surface area (Å²) >= 11 is 0. The van der Waals surface area contributed by atoms with E-state index in [-0.39, 0.29) is 12.2 Å². The van der Waals surface area contributed by atoms with E-state index in [0.717, 1.165) is 108 Å². The van der Waals surface area contributed by atoms with Gasteiger partial charge in [-0.1, -0.05) is 75.8 Å². The van der Waals surface area contributed by atoms with E-state index < -0.39 is 9.84 Å². The molecule has 4 aromatic rings. The van der Waals surface area contributed by atoms with Crippen LogP contribution in [0.25, 0.3) is 40.1 Å². The van der Waals surface area contributed by atoms with Crippen molar-refractivity contribution in [3.05, 3.63) is 115 Å². The zero-order valence-corrected chi connectivity index (χ0v) is 33.3. The maximum absolute atomic E-state index is 13.6. The van der Waals surface area contributed by atoms with Gasteiger partial charge in [-0.2, -0.15) is 0 Å². The highest BCUT2D eigenvalue weighted by molar-refractivity contribution is 7.94. The molecule has 7 heteroatoms. The average Bonchev–Trinajstić information content (AvgIpc) is 3.91. The topological polar surface area (TPSA) is 60.5 Å². The van der Waals surface area contributed by atoms with E-state index in [4.69, 9.17) is 9.47 Å². The van der Waals surface area contributed by atoms with E-state index >= 15 is 0 Å². The number of benzene rings is 3. The Balaban J connectivity index is 1.26. The molecule has 8 rings (SSSR count). The van der Waals surface area contributed by atoms with Gasteiger partial charge in [-0.25, -0.2) is 13.0 Å². The number of hydrogen-bond acceptors (Lipinski definition) is 4. The summed E-state index contributed by atoms with van der Waals surface area (Å²) in [5.41, 5.74) is 7.58. The van der Waals surface area contributed by atoms with Crippen molar-refractivity contribution in [1.29, 1.82) is 0 Å². The Hall–Kier alpha value is -4.62. The number of aryl methyl sites for hydroxylation is 1. The van der Waals surface area contributed by atoms with Gasteiger partial charge in [0.1, 0.15) is 30.3 Å². The Morgan fingerprint density at radius 1 is 0.944 bits per heavy atom. The number of nitrogens with zero attached hydrogens (tertiary/aromatic N) is 2. The molecule has 0 saturated carbocycles. The van der Waals surface area contributed by atoms with Gasteiger partial charge in [0.2, 0.25) is 5.71 Å². The Morgan fingerprint density at radius 3 is 2.52 bits per heavy atom. The van der Waals surface area contributed by atoms with E-state index in [2.05, 4.69) is 116 Å². The van der Waals surface area contributed by atoms with Crippen LogP contribution < -0.4 is 20.5 Å². The fourth-order valence-electron chi connectivity index (χ4n) is 9.05. The van der Waals surface area contributed by atoms with Gasteiger partial charge in [0.15, 0.2) is 16.4 Å². The van der Waals surface area contributed by atoms with E-state index in [1.165, 1.54) is 39.1 Å². The van der Waals surface area contributed by atoms with E-state index in [1.54, 1.807) is 0 Å². The van der Waals surface area contributed by atoms with Crippen molar-refractivity contribution < 1.29 is 22.5 Å². The molecule has 2 bridgehead atoms. The van der Waals surface area contributed by atoms with Gasteiger partial charge in [-0.3, -0.25) is 0 Å². The van der Waals surface area contributed by atoms with E-state index in [0.29, 0.717) is 17.7 Å². The summed E-state index contributed by atoms with van der Waals surface area (Å²) in [6, 6.07) is 15.2. The van der Waals surface area contributed by atoms with Crippen molar-refractivity contribution in [3.63, 3.8) is 0 Å². The van der Waals surface area contributed by atoms with Gasteiger partial charge in [0.25, 0.3) is 0 Å². The SMILES string of the molecule is C=c1c2ccc/c1=C1\OC(C)C\C1=C\C[N+](CCCC)=C2/C=C/C1=C(S(C)(=O)=O)C(=C/C=c2\c3cccc4c5c(cc(c43)n2CCCC)CC(C)O5)/CC1. The largest absolute Gasteiger partial charge is 0.489 e. The van der Waals surface area contributed by atoms with Crippen LogP contribution in [-0.2, 0) is 27.5 Å². The van der Waals surface area contributed by atoms with Gasteiger partial charge < -0.3 is 14.0 Å². The lowest BCUT2D eigenvalue weighted by atomic mass is 10.0. The van der Waals surface area contributed by atoms with Gasteiger partial charge in [-0.15, -0.1) is 0 Å². The van der Waals surface area contributed by atoms with Crippen LogP contribution in [-0.4, -0.2) is 54.8 Å². The molecular formula is C47H53N2O4S+. The first-order valence-corrected chi connectivity index (χ1v) is 21.8. The van der Waals surface area contributed by atoms with Crippen molar-refractivity contribution in [1.82, 2.24) is 4.57 Å². The molecule has 0 spiro atoms. The number of allylic oxidation sites excluding steroid dienone is 5. The molecule has 280 valence electrons. The molecule has 6 nitrogen and oxygen atoms in total. The Kier molecular flexibility index (Phi) is 9.80. The van der Waals surface area contributed by atoms with Crippen LogP contribution in [0.3, 0.4) is 0 Å². The summed E-state index contributed by atoms with van der Waals surface area (Å²) < 4.78 is 44.8. The quantitative estimate of drug-likeness (QED) is 0.158. The minimum Gasteiger partial charge on any atom is -0.489 e. The lowest BCUT2D eigenvalue weighted by Crippen LogP contribution is -2.34. The summed E-state index contributed by atoms with van der Waals surface area (Å²) in [6.07, 6.45) is 19.8. The third kappa shape index (κ3) is 6.48. The fraction of sp³-hybridized carbons (Fsp3) is 0.383. The first-order chi connectivity index (χ1) is 26.1. The number of unbranched alkanes of at least 4 members (excludes halogenated alkanes) is 2. The van der Waals surface area contributed by atoms with Crippen LogP contribution in [0.4, 0.5) is 0 Å². The Bertz CT molecular complexity index is 2630. The summed E-state index contributed by atoms with van der Waals surface area (Å²) in [6.45, 7) is 15.8. The lowest BCUT2D eigenvalue weighted by molar-refractivity contribution is -0.517. The molecule has 2 atom stereocenters. The summed E-state index contributed by atoms with van der Waals surface area (Å²) in [5, 5.41) is 6.67. The zero-order chi connectivity index (χ0) is 37.7. The van der Waals surface area contributed by atoms with Crippen molar-refractivity contribution in [2.45, 2.75) is 97.8 Å². The summed E-state index contributed by atoms with van der Waals surface area (Å²) in [4.78, 5) is 0.452. The zero-order valence-electron chi connectivity index (χ0n) is 32.5. The third-order valence-corrected chi connectivity index (χ3v) is 12.9. The molecule has 0 radical (unpaired) electrons. The molecule has 2 unspecified atom stereocenters. The molecule has 1 aliphatic carbocycles. The molecule has 3 aliphatic heterocycles. The van der Waals surface area contributed by atoms with E-state index in [1.807, 2.05) is 0 Å². The highest BCUT2D eigenvalue weighted by Gasteiger charge is 2.29. The van der Waals surface area contributed by atoms with Gasteiger partial charge in [-0.05, 0) is 73.8 Å². The molecule has 54 heavy (non-hydrogen) atoms. The van der Waals surface area contributed by atoms with Crippen LogP contribution >= 0.6 is 0 Å². The summed E-state index contributed by atoms with van der Waals surface area (Å²) in [7, 11) is -3.52. The monoisotopic (exact) mass is 741 g/mol. The number of aromatic nitrogens is 1. The maximum atomic E-state index is 13.6. The second-order valence-electron chi connectivity index (χ2n) is 15.7. The standard InChI is InChI=1S/C47H53N2O4S/c1-7-9-24-48-26-23-35-27-30(3)52-45(35)38-14-11-13-37(32(38)5)41(48)21-19-33-17-18-34(47(33)54(6,50)51)20-22-42-39-15-12-16-40-44(39)43(49(42)25-10-8-2)29-36-28-31(4)53-46(36)40/h11-16,19-23,29-31H,5,7-10,17-18,24-28H2,1-4,6H3/q+1/b35-23-,45-38+. The van der Waals surface area contributed by atoms with Gasteiger partial charge in [0, 0.05) is 76.0 Å². The number of rotatable bonds is 10. The second kappa shape index (κ2) is 14.6. The molecule has 1 aromatic heterocycles. The van der Waals surface area contributed by atoms with Crippen LogP contribution in [0.1, 0.15) is 83.8 Å². The van der Waals surface area contributed by atoms with Crippen LogP contribution in [0.2, 0.25) is 0 Å². The van der Waals surface area contributed by atoms with Crippen LogP contribution in [0.15, 0.2) is 88.4 Å². The molecule has 4 heterocycles. The second-order valence-corrected chi connectivity index (χ2v) is 17.6. The van der Waals surface area contributed by atoms with Crippen LogP contribution in [0.5, 0.6) is 5.75 Å². The highest BCUT2D eigenvalue weighted by atomic mass is 32.2. The molecule has 0 N–H and O–H groups in total. The van der Waals surface area contributed by atoms with Crippen molar-refractivity contribution >= 4 is 55.6 Å². The molecule has 0 amide bonds. The van der Waals surface area contributed by atoms with Crippen molar-refractivity contribution in [3.8, 4) is 5.75 Å². The number of fused-ring (bicyclic) bond motifs is 5. The highest BCUT2D eigenvalue weighted by Crippen LogP contribution is 2.41. The van der Waals surface area contributed by atoms with Crippen LogP contribution in [0, 0.1) is 0 Å². The molecule has 4 aliphatic rings. The first-order valence-electron chi connectivity index (χ1n) is 19.9. The van der Waals surface area contributed by atoms with Gasteiger partial charge >= 0.3 is 0 Å². The predicted molar refractivity (Wildman–Crippen MR) is 223 cm³/mol. The van der Waals surface area contributed by atoms with Crippen molar-refractivity contribution in [2.75, 3.05) is 19.3 Å². The fourth-order valence-corrected chi connectivity index (χ4v) is 10.3. The third-order valence-electron chi connectivity index (χ3n) is 11.6. The Labute approximate surface area is 319 Å². The normalized spacial score (nSPS) is 23.2. The average molecular weight is 742 g/mol. The number of hydrogen-bond donors (Lipinski definition) is 0. The lowest BCUT2D eigenvalue weighted by Gasteiger charge is -2.09. The molecular weight excluding hydrogens is 689 g/mol. The number of sulfone groups is 1. The summed E-state index contributed by atoms with van der Waals surface area (Å²) in [5.74, 6) is 1.95. The smallest absolute Gasteiger partial charge is 0.208 e. The molecule has 1 fully saturated rings. The minimum absolute atomic E-state index is 0.138. The Morgan fingerprint density at radius 2 is 1.72 bits per heavy atom. The molecule has 1 saturated heterocycles. The maximum Gasteiger partial charge on any atom is 0.208 e. The molecule has 3 aromatic carbocycles.